The molecule has 0 aliphatic heterocycles. The molecular formula is C14H24F2N2O2. The minimum atomic E-state index is -2.79. The molecule has 2 aliphatic carbocycles. The van der Waals surface area contributed by atoms with Gasteiger partial charge in [0.05, 0.1) is 11.0 Å². The topological polar surface area (TPSA) is 64.3 Å². The predicted octanol–water partition coefficient (Wildman–Crippen LogP) is 2.81. The highest BCUT2D eigenvalue weighted by atomic mass is 19.3. The highest BCUT2D eigenvalue weighted by molar-refractivity contribution is 5.69. The lowest BCUT2D eigenvalue weighted by Gasteiger charge is -2.39. The summed E-state index contributed by atoms with van der Waals surface area (Å²) in [7, 11) is 0. The first-order chi connectivity index (χ1) is 9.08. The summed E-state index contributed by atoms with van der Waals surface area (Å²) in [6, 6.07) is 0. The third kappa shape index (κ3) is 2.38. The van der Waals surface area contributed by atoms with Crippen LogP contribution in [0.2, 0.25) is 0 Å². The number of carbonyl (C=O) groups excluding carboxylic acids is 1. The fourth-order valence-electron chi connectivity index (χ4n) is 3.47. The van der Waals surface area contributed by atoms with E-state index in [1.54, 1.807) is 20.8 Å². The van der Waals surface area contributed by atoms with Gasteiger partial charge in [0, 0.05) is 13.0 Å². The summed E-state index contributed by atoms with van der Waals surface area (Å²) in [6.07, 6.45) is 1.86. The van der Waals surface area contributed by atoms with E-state index in [-0.39, 0.29) is 13.0 Å². The molecule has 0 aromatic rings. The Balaban J connectivity index is 2.18. The van der Waals surface area contributed by atoms with Crippen LogP contribution in [0.15, 0.2) is 0 Å². The van der Waals surface area contributed by atoms with Gasteiger partial charge in [-0.25, -0.2) is 13.6 Å². The van der Waals surface area contributed by atoms with E-state index < -0.39 is 28.6 Å². The minimum Gasteiger partial charge on any atom is -0.444 e. The van der Waals surface area contributed by atoms with Crippen molar-refractivity contribution in [2.75, 3.05) is 6.54 Å². The van der Waals surface area contributed by atoms with Crippen LogP contribution in [-0.4, -0.2) is 29.7 Å². The second-order valence-corrected chi connectivity index (χ2v) is 7.08. The summed E-state index contributed by atoms with van der Waals surface area (Å²) in [4.78, 5) is 12.0. The van der Waals surface area contributed by atoms with E-state index in [1.165, 1.54) is 0 Å². The number of alkyl carbamates (subject to hydrolysis) is 1. The van der Waals surface area contributed by atoms with Crippen molar-refractivity contribution in [2.24, 2.45) is 11.1 Å². The molecule has 2 aliphatic rings. The number of halogens is 2. The normalized spacial score (nSPS) is 30.9. The van der Waals surface area contributed by atoms with Crippen LogP contribution in [0.4, 0.5) is 13.6 Å². The molecule has 20 heavy (non-hydrogen) atoms. The molecule has 0 radical (unpaired) electrons. The van der Waals surface area contributed by atoms with E-state index >= 15 is 0 Å². The molecule has 4 nitrogen and oxygen atoms in total. The molecule has 0 bridgehead atoms. The Labute approximate surface area is 118 Å². The second kappa shape index (κ2) is 4.55. The molecular weight excluding hydrogens is 266 g/mol. The zero-order chi connectivity index (χ0) is 15.2. The van der Waals surface area contributed by atoms with E-state index in [4.69, 9.17) is 10.5 Å². The standard InChI is InChI=1S/C14H24F2N2O2/c1-11(2,3)20-10(19)18-13(6-4-5-7-13)12(9-17)8-14(12,15)16/h4-9,17H2,1-3H3,(H,18,19). The molecule has 2 rings (SSSR count). The van der Waals surface area contributed by atoms with Gasteiger partial charge >= 0.3 is 6.09 Å². The monoisotopic (exact) mass is 290 g/mol. The molecule has 0 heterocycles. The summed E-state index contributed by atoms with van der Waals surface area (Å²) in [5, 5.41) is 2.74. The molecule has 0 spiro atoms. The maximum Gasteiger partial charge on any atom is 0.408 e. The van der Waals surface area contributed by atoms with Gasteiger partial charge in [0.1, 0.15) is 5.60 Å². The third-order valence-electron chi connectivity index (χ3n) is 4.56. The Bertz CT molecular complexity index is 400. The summed E-state index contributed by atoms with van der Waals surface area (Å²) in [5.41, 5.74) is 2.77. The third-order valence-corrected chi connectivity index (χ3v) is 4.56. The molecule has 2 fully saturated rings. The van der Waals surface area contributed by atoms with Gasteiger partial charge < -0.3 is 15.8 Å². The van der Waals surface area contributed by atoms with Crippen molar-refractivity contribution in [1.82, 2.24) is 5.32 Å². The summed E-state index contributed by atoms with van der Waals surface area (Å²) in [6.45, 7) is 5.13. The fraction of sp³-hybridized carbons (Fsp3) is 0.929. The quantitative estimate of drug-likeness (QED) is 0.840. The first-order valence-electron chi connectivity index (χ1n) is 7.17. The van der Waals surface area contributed by atoms with Crippen LogP contribution in [0.5, 0.6) is 0 Å². The van der Waals surface area contributed by atoms with Crippen molar-refractivity contribution in [3.05, 3.63) is 0 Å². The van der Waals surface area contributed by atoms with Crippen LogP contribution >= 0.6 is 0 Å². The Hall–Kier alpha value is -0.910. The summed E-state index contributed by atoms with van der Waals surface area (Å²) >= 11 is 0. The lowest BCUT2D eigenvalue weighted by molar-refractivity contribution is 0.00728. The van der Waals surface area contributed by atoms with Crippen LogP contribution in [0, 0.1) is 5.41 Å². The van der Waals surface area contributed by atoms with Gasteiger partial charge in [0.15, 0.2) is 0 Å². The molecule has 116 valence electrons. The maximum absolute atomic E-state index is 13.9. The fourth-order valence-corrected chi connectivity index (χ4v) is 3.47. The Morgan fingerprint density at radius 2 is 1.80 bits per heavy atom. The van der Waals surface area contributed by atoms with Crippen molar-refractivity contribution in [2.45, 2.75) is 69.9 Å². The summed E-state index contributed by atoms with van der Waals surface area (Å²) < 4.78 is 33.0. The van der Waals surface area contributed by atoms with Gasteiger partial charge in [-0.1, -0.05) is 12.8 Å². The van der Waals surface area contributed by atoms with Gasteiger partial charge in [0.25, 0.3) is 5.92 Å². The molecule has 3 N–H and O–H groups in total. The Morgan fingerprint density at radius 1 is 1.30 bits per heavy atom. The largest absolute Gasteiger partial charge is 0.444 e. The van der Waals surface area contributed by atoms with Gasteiger partial charge in [-0.3, -0.25) is 0 Å². The van der Waals surface area contributed by atoms with Crippen LogP contribution in [0.1, 0.15) is 52.9 Å². The van der Waals surface area contributed by atoms with Crippen molar-refractivity contribution >= 4 is 6.09 Å². The van der Waals surface area contributed by atoms with Gasteiger partial charge in [-0.2, -0.15) is 0 Å². The molecule has 1 unspecified atom stereocenters. The van der Waals surface area contributed by atoms with Crippen molar-refractivity contribution < 1.29 is 18.3 Å². The molecule has 0 saturated heterocycles. The molecule has 0 aromatic carbocycles. The number of nitrogens with two attached hydrogens (primary N) is 1. The minimum absolute atomic E-state index is 0.115. The highest BCUT2D eigenvalue weighted by Crippen LogP contribution is 2.68. The lowest BCUT2D eigenvalue weighted by atomic mass is 9.78. The molecule has 6 heteroatoms. The van der Waals surface area contributed by atoms with Gasteiger partial charge in [0.2, 0.25) is 0 Å². The number of carbonyl (C=O) groups is 1. The zero-order valence-corrected chi connectivity index (χ0v) is 12.4. The number of rotatable bonds is 3. The SMILES string of the molecule is CC(C)(C)OC(=O)NC1(C2(CN)CC2(F)F)CCCC1. The highest BCUT2D eigenvalue weighted by Gasteiger charge is 2.79. The second-order valence-electron chi connectivity index (χ2n) is 7.08. The van der Waals surface area contributed by atoms with Gasteiger partial charge in [-0.15, -0.1) is 0 Å². The van der Waals surface area contributed by atoms with E-state index in [1.807, 2.05) is 0 Å². The zero-order valence-electron chi connectivity index (χ0n) is 12.4. The summed E-state index contributed by atoms with van der Waals surface area (Å²) in [5.74, 6) is -2.79. The van der Waals surface area contributed by atoms with Crippen molar-refractivity contribution in [1.29, 1.82) is 0 Å². The first-order valence-corrected chi connectivity index (χ1v) is 7.17. The van der Waals surface area contributed by atoms with E-state index in [9.17, 15) is 13.6 Å². The van der Waals surface area contributed by atoms with Crippen LogP contribution in [-0.2, 0) is 4.74 Å². The number of ether oxygens (including phenoxy) is 1. The number of hydrogen-bond acceptors (Lipinski definition) is 3. The van der Waals surface area contributed by atoms with E-state index in [2.05, 4.69) is 5.32 Å². The Kier molecular flexibility index (Phi) is 3.52. The predicted molar refractivity (Wildman–Crippen MR) is 71.6 cm³/mol. The maximum atomic E-state index is 13.9. The average Bonchev–Trinajstić information content (AvgIpc) is 2.66. The van der Waals surface area contributed by atoms with Crippen LogP contribution in [0.25, 0.3) is 0 Å². The number of alkyl halides is 2. The smallest absolute Gasteiger partial charge is 0.408 e. The van der Waals surface area contributed by atoms with Crippen LogP contribution < -0.4 is 11.1 Å². The molecule has 1 amide bonds. The number of amides is 1. The molecule has 1 atom stereocenters. The lowest BCUT2D eigenvalue weighted by Crippen LogP contribution is -2.58. The van der Waals surface area contributed by atoms with Gasteiger partial charge in [-0.05, 0) is 33.6 Å². The first kappa shape index (κ1) is 15.5. The van der Waals surface area contributed by atoms with E-state index in [0.717, 1.165) is 12.8 Å². The number of nitrogens with one attached hydrogen (secondary N) is 1. The van der Waals surface area contributed by atoms with Crippen LogP contribution in [0.3, 0.4) is 0 Å². The van der Waals surface area contributed by atoms with E-state index in [0.29, 0.717) is 12.8 Å². The average molecular weight is 290 g/mol. The van der Waals surface area contributed by atoms with Crippen molar-refractivity contribution in [3.8, 4) is 0 Å². The molecule has 0 aromatic heterocycles. The molecule has 2 saturated carbocycles. The number of hydrogen-bond donors (Lipinski definition) is 2. The van der Waals surface area contributed by atoms with Crippen molar-refractivity contribution in [3.63, 3.8) is 0 Å². The Morgan fingerprint density at radius 3 is 2.15 bits per heavy atom.